The number of rotatable bonds is 2. The van der Waals surface area contributed by atoms with Crippen LogP contribution in [0, 0.1) is 10.8 Å². The Kier molecular flexibility index (Phi) is 4.11. The molecular formula is C12H22AsNO6. The first-order valence-corrected chi connectivity index (χ1v) is 9.53. The van der Waals surface area contributed by atoms with Crippen LogP contribution in [0.25, 0.3) is 0 Å². The van der Waals surface area contributed by atoms with E-state index in [9.17, 15) is 26.9 Å². The first kappa shape index (κ1) is 17.5. The van der Waals surface area contributed by atoms with Crippen molar-refractivity contribution in [2.24, 2.45) is 10.8 Å². The molecule has 116 valence electrons. The van der Waals surface area contributed by atoms with Gasteiger partial charge in [-0.2, -0.15) is 0 Å². The van der Waals surface area contributed by atoms with Gasteiger partial charge < -0.3 is 0 Å². The molecule has 0 bridgehead atoms. The van der Waals surface area contributed by atoms with Crippen molar-refractivity contribution in [2.75, 3.05) is 0 Å². The third kappa shape index (κ3) is 2.27. The Morgan fingerprint density at radius 3 is 2.10 bits per heavy atom. The third-order valence-electron chi connectivity index (χ3n) is 4.03. The molecule has 7 nitrogen and oxygen atoms in total. The van der Waals surface area contributed by atoms with E-state index in [0.29, 0.717) is 0 Å². The Hall–Kier alpha value is -0.592. The molecule has 0 saturated heterocycles. The van der Waals surface area contributed by atoms with Crippen LogP contribution in [0.15, 0.2) is 11.8 Å². The zero-order chi connectivity index (χ0) is 16.1. The number of hydrogen-bond acceptors (Lipinski definition) is 4. The third-order valence-corrected chi connectivity index (χ3v) is 8.22. The first-order chi connectivity index (χ1) is 8.68. The second kappa shape index (κ2) is 4.71. The van der Waals surface area contributed by atoms with E-state index in [0.717, 1.165) is 0 Å². The summed E-state index contributed by atoms with van der Waals surface area (Å²) in [5.41, 5.74) is -2.73. The van der Waals surface area contributed by atoms with Gasteiger partial charge in [-0.1, -0.05) is 0 Å². The fourth-order valence-corrected chi connectivity index (χ4v) is 6.58. The van der Waals surface area contributed by atoms with Gasteiger partial charge in [-0.3, -0.25) is 0 Å². The van der Waals surface area contributed by atoms with Gasteiger partial charge >= 0.3 is 120 Å². The van der Waals surface area contributed by atoms with Crippen molar-refractivity contribution in [2.45, 2.75) is 45.1 Å². The van der Waals surface area contributed by atoms with E-state index in [4.69, 9.17) is 0 Å². The molecule has 0 fully saturated rings. The van der Waals surface area contributed by atoms with Crippen molar-refractivity contribution >= 4 is 20.1 Å². The Morgan fingerprint density at radius 1 is 1.30 bits per heavy atom. The molecular weight excluding hydrogens is 329 g/mol. The number of carbonyl (C=O) groups is 1. The Labute approximate surface area is 120 Å². The second-order valence-electron chi connectivity index (χ2n) is 6.34. The monoisotopic (exact) mass is 351 g/mol. The molecule has 8 heteroatoms. The molecule has 0 aromatic heterocycles. The van der Waals surface area contributed by atoms with Gasteiger partial charge in [0.1, 0.15) is 0 Å². The molecule has 1 rings (SSSR count). The van der Waals surface area contributed by atoms with Gasteiger partial charge in [0.05, 0.1) is 0 Å². The molecule has 0 saturated carbocycles. The van der Waals surface area contributed by atoms with Crippen LogP contribution in [-0.2, 0) is 8.53 Å². The van der Waals surface area contributed by atoms with Crippen LogP contribution in [0.3, 0.4) is 0 Å². The number of aliphatic hydroxyl groups excluding tert-OH is 1. The van der Waals surface area contributed by atoms with E-state index in [-0.39, 0.29) is 5.70 Å². The molecule has 20 heavy (non-hydrogen) atoms. The molecule has 0 spiro atoms. The molecule has 1 aliphatic rings. The van der Waals surface area contributed by atoms with Crippen LogP contribution in [0.1, 0.15) is 34.6 Å². The molecule has 0 aromatic rings. The molecule has 0 aromatic carbocycles. The summed E-state index contributed by atoms with van der Waals surface area (Å²) in [5, 5.41) is 23.5. The SMILES string of the molecule is CC(=O)NC1=CC(C)(C)C(O)([As](=O)(O)O)C(C)(C)C1O. The zero-order valence-corrected chi connectivity index (χ0v) is 14.1. The first-order valence-electron chi connectivity index (χ1n) is 6.15. The maximum atomic E-state index is 11.9. The number of aliphatic hydroxyl groups is 2. The predicted octanol–water partition coefficient (Wildman–Crippen LogP) is -0.942. The Balaban J connectivity index is 3.57. The van der Waals surface area contributed by atoms with Gasteiger partial charge in [-0.15, -0.1) is 0 Å². The van der Waals surface area contributed by atoms with Crippen molar-refractivity contribution in [1.29, 1.82) is 0 Å². The van der Waals surface area contributed by atoms with E-state index in [1.807, 2.05) is 0 Å². The number of nitrogens with one attached hydrogen (secondary N) is 1. The average Bonchev–Trinajstić information content (AvgIpc) is 2.21. The summed E-state index contributed by atoms with van der Waals surface area (Å²) < 4.78 is 28.8. The Morgan fingerprint density at radius 2 is 1.75 bits per heavy atom. The van der Waals surface area contributed by atoms with Crippen molar-refractivity contribution < 1.29 is 26.9 Å². The predicted molar refractivity (Wildman–Crippen MR) is 71.3 cm³/mol. The molecule has 0 radical (unpaired) electrons. The van der Waals surface area contributed by atoms with Crippen LogP contribution in [-0.4, -0.2) is 49.0 Å². The fraction of sp³-hybridized carbons (Fsp3) is 0.750. The number of carbonyl (C=O) groups excluding carboxylic acids is 1. The van der Waals surface area contributed by atoms with Gasteiger partial charge in [0.25, 0.3) is 0 Å². The van der Waals surface area contributed by atoms with Gasteiger partial charge in [-0.25, -0.2) is 0 Å². The topological polar surface area (TPSA) is 127 Å². The van der Waals surface area contributed by atoms with Crippen molar-refractivity contribution in [1.82, 2.24) is 5.32 Å². The van der Waals surface area contributed by atoms with Crippen LogP contribution < -0.4 is 5.32 Å². The van der Waals surface area contributed by atoms with Crippen LogP contribution in [0.5, 0.6) is 0 Å². The van der Waals surface area contributed by atoms with Crippen LogP contribution >= 0.6 is 0 Å². The summed E-state index contributed by atoms with van der Waals surface area (Å²) in [7, 11) is 0. The zero-order valence-electron chi connectivity index (χ0n) is 12.2. The number of hydrogen-bond donors (Lipinski definition) is 5. The quantitative estimate of drug-likeness (QED) is 0.409. The standard InChI is InChI=1S/C12H22AsNO6/c1-7(15)14-8-6-10(2,3)12(17,13(18,19)20)11(4,5)9(8)16/h6,9,16-17H,1-5H3,(H,14,15)(H2,18,19,20). The molecule has 1 amide bonds. The van der Waals surface area contributed by atoms with Gasteiger partial charge in [0.15, 0.2) is 0 Å². The van der Waals surface area contributed by atoms with E-state index in [2.05, 4.69) is 5.32 Å². The average molecular weight is 351 g/mol. The van der Waals surface area contributed by atoms with Crippen molar-refractivity contribution in [3.05, 3.63) is 11.8 Å². The molecule has 2 atom stereocenters. The summed E-state index contributed by atoms with van der Waals surface area (Å²) in [5.74, 6) is -0.408. The summed E-state index contributed by atoms with van der Waals surface area (Å²) in [6.45, 7) is 6.93. The Bertz CT molecular complexity index is 506. The number of amides is 1. The van der Waals surface area contributed by atoms with Crippen LogP contribution in [0.4, 0.5) is 0 Å². The van der Waals surface area contributed by atoms with Crippen LogP contribution in [0.2, 0.25) is 0 Å². The second-order valence-corrected chi connectivity index (χ2v) is 9.98. The summed E-state index contributed by atoms with van der Waals surface area (Å²) in [6.07, 6.45) is -0.0940. The van der Waals surface area contributed by atoms with E-state index < -0.39 is 41.4 Å². The van der Waals surface area contributed by atoms with Crippen molar-refractivity contribution in [3.63, 3.8) is 0 Å². The van der Waals surface area contributed by atoms with Gasteiger partial charge in [0.2, 0.25) is 0 Å². The summed E-state index contributed by atoms with van der Waals surface area (Å²) in [4.78, 5) is 11.2. The molecule has 5 N–H and O–H groups in total. The van der Waals surface area contributed by atoms with Crippen molar-refractivity contribution in [3.8, 4) is 0 Å². The normalized spacial score (nSPS) is 32.5. The van der Waals surface area contributed by atoms with E-state index in [1.165, 1.54) is 40.7 Å². The van der Waals surface area contributed by atoms with Gasteiger partial charge in [-0.05, 0) is 0 Å². The molecule has 0 aliphatic heterocycles. The fourth-order valence-electron chi connectivity index (χ4n) is 3.04. The molecule has 1 aliphatic carbocycles. The minimum atomic E-state index is -5.65. The summed E-state index contributed by atoms with van der Waals surface area (Å²) >= 11 is -5.65. The van der Waals surface area contributed by atoms with Gasteiger partial charge in [0, 0.05) is 0 Å². The summed E-state index contributed by atoms with van der Waals surface area (Å²) in [6, 6.07) is 0. The minimum absolute atomic E-state index is 0.140. The molecule has 2 unspecified atom stereocenters. The maximum absolute atomic E-state index is 11.9. The molecule has 0 heterocycles. The van der Waals surface area contributed by atoms with E-state index >= 15 is 0 Å². The van der Waals surface area contributed by atoms with E-state index in [1.54, 1.807) is 0 Å².